The van der Waals surface area contributed by atoms with Crippen LogP contribution in [0.5, 0.6) is 0 Å². The molecule has 1 aliphatic heterocycles. The standard InChI is InChI=1S/C17H25F3N2O/c1-2-3-4-7-13-10-12(11-15(22-13)17(18,19)20)16(23)14-8-5-6-9-21-14/h10-11,14,16,21,23H,2-9H2,1H3. The highest BCUT2D eigenvalue weighted by molar-refractivity contribution is 5.26. The van der Waals surface area contributed by atoms with Crippen LogP contribution in [-0.2, 0) is 12.6 Å². The third-order valence-electron chi connectivity index (χ3n) is 4.30. The monoisotopic (exact) mass is 330 g/mol. The van der Waals surface area contributed by atoms with Crippen molar-refractivity contribution < 1.29 is 18.3 Å². The smallest absolute Gasteiger partial charge is 0.387 e. The van der Waals surface area contributed by atoms with Crippen LogP contribution in [0.3, 0.4) is 0 Å². The van der Waals surface area contributed by atoms with E-state index >= 15 is 0 Å². The molecule has 6 heteroatoms. The van der Waals surface area contributed by atoms with E-state index in [2.05, 4.69) is 10.3 Å². The first kappa shape index (κ1) is 18.2. The molecule has 1 aromatic heterocycles. The third-order valence-corrected chi connectivity index (χ3v) is 4.30. The van der Waals surface area contributed by atoms with Crippen LogP contribution in [-0.4, -0.2) is 22.7 Å². The van der Waals surface area contributed by atoms with E-state index in [0.717, 1.165) is 51.1 Å². The molecule has 0 radical (unpaired) electrons. The number of piperidine rings is 1. The molecule has 2 unspecified atom stereocenters. The number of aryl methyl sites for hydroxylation is 1. The van der Waals surface area contributed by atoms with Crippen molar-refractivity contribution in [3.05, 3.63) is 29.1 Å². The van der Waals surface area contributed by atoms with Crippen LogP contribution < -0.4 is 5.32 Å². The maximum absolute atomic E-state index is 13.1. The van der Waals surface area contributed by atoms with Gasteiger partial charge in [0.15, 0.2) is 0 Å². The fraction of sp³-hybridized carbons (Fsp3) is 0.706. The van der Waals surface area contributed by atoms with Crippen molar-refractivity contribution in [3.8, 4) is 0 Å². The summed E-state index contributed by atoms with van der Waals surface area (Å²) in [4.78, 5) is 3.75. The van der Waals surface area contributed by atoms with Gasteiger partial charge in [0, 0.05) is 11.7 Å². The zero-order chi connectivity index (χ0) is 16.9. The van der Waals surface area contributed by atoms with Gasteiger partial charge in [-0.25, -0.2) is 4.98 Å². The van der Waals surface area contributed by atoms with Gasteiger partial charge in [0.2, 0.25) is 0 Å². The van der Waals surface area contributed by atoms with Gasteiger partial charge in [-0.15, -0.1) is 0 Å². The summed E-state index contributed by atoms with van der Waals surface area (Å²) in [6.07, 6.45) is 0.651. The van der Waals surface area contributed by atoms with E-state index in [0.29, 0.717) is 17.7 Å². The fourth-order valence-electron chi connectivity index (χ4n) is 2.99. The van der Waals surface area contributed by atoms with E-state index in [1.54, 1.807) is 6.07 Å². The fourth-order valence-corrected chi connectivity index (χ4v) is 2.99. The number of nitrogens with one attached hydrogen (secondary N) is 1. The lowest BCUT2D eigenvalue weighted by atomic mass is 9.94. The number of hydrogen-bond acceptors (Lipinski definition) is 3. The van der Waals surface area contributed by atoms with E-state index in [4.69, 9.17) is 0 Å². The molecular formula is C17H25F3N2O. The zero-order valence-corrected chi connectivity index (χ0v) is 13.5. The van der Waals surface area contributed by atoms with Crippen LogP contribution in [0, 0.1) is 0 Å². The highest BCUT2D eigenvalue weighted by Gasteiger charge is 2.34. The third kappa shape index (κ3) is 5.18. The van der Waals surface area contributed by atoms with Crippen LogP contribution in [0.25, 0.3) is 0 Å². The van der Waals surface area contributed by atoms with Crippen molar-refractivity contribution in [2.75, 3.05) is 6.54 Å². The lowest BCUT2D eigenvalue weighted by Crippen LogP contribution is -2.39. The molecule has 0 amide bonds. The normalized spacial score (nSPS) is 20.5. The largest absolute Gasteiger partial charge is 0.433 e. The molecule has 0 aromatic carbocycles. The maximum atomic E-state index is 13.1. The topological polar surface area (TPSA) is 45.1 Å². The molecular weight excluding hydrogens is 305 g/mol. The maximum Gasteiger partial charge on any atom is 0.433 e. The Hall–Kier alpha value is -1.14. The van der Waals surface area contributed by atoms with Gasteiger partial charge in [-0.1, -0.05) is 26.2 Å². The molecule has 1 aliphatic rings. The molecule has 1 fully saturated rings. The number of hydrogen-bond donors (Lipinski definition) is 2. The molecule has 0 spiro atoms. The summed E-state index contributed by atoms with van der Waals surface area (Å²) >= 11 is 0. The van der Waals surface area contributed by atoms with Crippen molar-refractivity contribution >= 4 is 0 Å². The zero-order valence-electron chi connectivity index (χ0n) is 13.5. The van der Waals surface area contributed by atoms with Gasteiger partial charge >= 0.3 is 6.18 Å². The second-order valence-corrected chi connectivity index (χ2v) is 6.23. The van der Waals surface area contributed by atoms with Gasteiger partial charge in [0.1, 0.15) is 5.69 Å². The summed E-state index contributed by atoms with van der Waals surface area (Å²) in [5, 5.41) is 13.7. The second-order valence-electron chi connectivity index (χ2n) is 6.23. The molecule has 23 heavy (non-hydrogen) atoms. The van der Waals surface area contributed by atoms with Gasteiger partial charge in [-0.2, -0.15) is 13.2 Å². The van der Waals surface area contributed by atoms with Crippen LogP contribution in [0.2, 0.25) is 0 Å². The number of unbranched alkanes of at least 4 members (excludes halogenated alkanes) is 2. The van der Waals surface area contributed by atoms with E-state index in [1.807, 2.05) is 6.92 Å². The minimum Gasteiger partial charge on any atom is -0.387 e. The van der Waals surface area contributed by atoms with Gasteiger partial charge in [-0.3, -0.25) is 0 Å². The Morgan fingerprint density at radius 2 is 2.09 bits per heavy atom. The Kier molecular flexibility index (Phi) is 6.41. The summed E-state index contributed by atoms with van der Waals surface area (Å²) in [6.45, 7) is 2.84. The number of aliphatic hydroxyl groups excluding tert-OH is 1. The Balaban J connectivity index is 2.23. The van der Waals surface area contributed by atoms with Gasteiger partial charge < -0.3 is 10.4 Å². The highest BCUT2D eigenvalue weighted by atomic mass is 19.4. The van der Waals surface area contributed by atoms with Crippen LogP contribution in [0.1, 0.15) is 68.5 Å². The highest BCUT2D eigenvalue weighted by Crippen LogP contribution is 2.32. The van der Waals surface area contributed by atoms with Crippen molar-refractivity contribution in [2.45, 2.75) is 70.2 Å². The first-order valence-electron chi connectivity index (χ1n) is 8.41. The summed E-state index contributed by atoms with van der Waals surface area (Å²) in [5.41, 5.74) is -0.173. The molecule has 2 heterocycles. The molecule has 130 valence electrons. The minimum absolute atomic E-state index is 0.185. The number of aliphatic hydroxyl groups is 1. The number of halogens is 3. The Morgan fingerprint density at radius 1 is 1.30 bits per heavy atom. The van der Waals surface area contributed by atoms with Gasteiger partial charge in [0.25, 0.3) is 0 Å². The van der Waals surface area contributed by atoms with Crippen LogP contribution in [0.4, 0.5) is 13.2 Å². The average Bonchev–Trinajstić information content (AvgIpc) is 2.54. The number of alkyl halides is 3. The lowest BCUT2D eigenvalue weighted by Gasteiger charge is -2.28. The van der Waals surface area contributed by atoms with Crippen molar-refractivity contribution in [2.24, 2.45) is 0 Å². The molecule has 1 aromatic rings. The lowest BCUT2D eigenvalue weighted by molar-refractivity contribution is -0.141. The first-order chi connectivity index (χ1) is 10.9. The summed E-state index contributed by atoms with van der Waals surface area (Å²) < 4.78 is 39.2. The molecule has 0 aliphatic carbocycles. The van der Waals surface area contributed by atoms with Crippen molar-refractivity contribution in [3.63, 3.8) is 0 Å². The molecule has 2 rings (SSSR count). The molecule has 1 saturated heterocycles. The van der Waals surface area contributed by atoms with E-state index < -0.39 is 18.0 Å². The number of rotatable bonds is 6. The van der Waals surface area contributed by atoms with Gasteiger partial charge in [-0.05, 0) is 49.9 Å². The van der Waals surface area contributed by atoms with E-state index in [9.17, 15) is 18.3 Å². The predicted molar refractivity (Wildman–Crippen MR) is 83.1 cm³/mol. The number of nitrogens with zero attached hydrogens (tertiary/aromatic N) is 1. The Labute approximate surface area is 135 Å². The molecule has 0 saturated carbocycles. The predicted octanol–water partition coefficient (Wildman–Crippen LogP) is 4.01. The minimum atomic E-state index is -4.49. The van der Waals surface area contributed by atoms with Crippen LogP contribution in [0.15, 0.2) is 12.1 Å². The molecule has 2 atom stereocenters. The first-order valence-corrected chi connectivity index (χ1v) is 8.41. The number of aromatic nitrogens is 1. The quantitative estimate of drug-likeness (QED) is 0.775. The molecule has 0 bridgehead atoms. The number of pyridine rings is 1. The van der Waals surface area contributed by atoms with Gasteiger partial charge in [0.05, 0.1) is 6.10 Å². The van der Waals surface area contributed by atoms with Crippen LogP contribution >= 0.6 is 0 Å². The van der Waals surface area contributed by atoms with Crippen molar-refractivity contribution in [1.29, 1.82) is 0 Å². The van der Waals surface area contributed by atoms with E-state index in [1.165, 1.54) is 0 Å². The molecule has 3 nitrogen and oxygen atoms in total. The van der Waals surface area contributed by atoms with Crippen molar-refractivity contribution in [1.82, 2.24) is 10.3 Å². The molecule has 2 N–H and O–H groups in total. The van der Waals surface area contributed by atoms with E-state index in [-0.39, 0.29) is 6.04 Å². The second kappa shape index (κ2) is 8.11. The Bertz CT molecular complexity index is 499. The SMILES string of the molecule is CCCCCc1cc(C(O)C2CCCCN2)cc(C(F)(F)F)n1. The summed E-state index contributed by atoms with van der Waals surface area (Å²) in [7, 11) is 0. The summed E-state index contributed by atoms with van der Waals surface area (Å²) in [6, 6.07) is 2.44. The summed E-state index contributed by atoms with van der Waals surface area (Å²) in [5.74, 6) is 0. The Morgan fingerprint density at radius 3 is 2.70 bits per heavy atom. The average molecular weight is 330 g/mol.